The van der Waals surface area contributed by atoms with Crippen molar-refractivity contribution in [3.63, 3.8) is 0 Å². The molecule has 1 aliphatic carbocycles. The molecule has 0 saturated carbocycles. The predicted octanol–water partition coefficient (Wildman–Crippen LogP) is -1.67. The second-order valence-electron chi connectivity index (χ2n) is 3.12. The van der Waals surface area contributed by atoms with Crippen molar-refractivity contribution in [2.45, 2.75) is 32.8 Å². The Labute approximate surface area is 95.7 Å². The number of halogens is 1. The van der Waals surface area contributed by atoms with Gasteiger partial charge < -0.3 is 17.5 Å². The fourth-order valence-electron chi connectivity index (χ4n) is 0.340. The second-order valence-corrected chi connectivity index (χ2v) is 3.12. The van der Waals surface area contributed by atoms with Crippen LogP contribution >= 0.6 is 0 Å². The van der Waals surface area contributed by atoms with Gasteiger partial charge in [-0.2, -0.15) is 6.08 Å². The molecule has 0 atom stereocenters. The summed E-state index contributed by atoms with van der Waals surface area (Å²) in [6.07, 6.45) is 10.0. The van der Waals surface area contributed by atoms with Gasteiger partial charge in [0.1, 0.15) is 0 Å². The van der Waals surface area contributed by atoms with E-state index in [9.17, 15) is 5.11 Å². The maximum atomic E-state index is 10.1. The average molecular weight is 241 g/mol. The molecule has 13 heavy (non-hydrogen) atoms. The molecule has 0 aromatic rings. The average Bonchev–Trinajstić information content (AvgIpc) is 2.41. The van der Waals surface area contributed by atoms with Gasteiger partial charge in [-0.1, -0.05) is 20.8 Å². The summed E-state index contributed by atoms with van der Waals surface area (Å²) in [4.78, 5) is 0. The van der Waals surface area contributed by atoms with E-state index in [0.29, 0.717) is 0 Å². The summed E-state index contributed by atoms with van der Waals surface area (Å²) in [5, 5.41) is 10.1. The third kappa shape index (κ3) is 47.4. The Hall–Kier alpha value is 0.114. The van der Waals surface area contributed by atoms with Crippen LogP contribution in [0, 0.1) is 6.08 Å². The molecule has 0 aromatic heterocycles. The van der Waals surface area contributed by atoms with Crippen molar-refractivity contribution in [1.29, 1.82) is 0 Å². The van der Waals surface area contributed by atoms with Crippen LogP contribution in [0.5, 0.6) is 0 Å². The molecule has 0 amide bonds. The quantitative estimate of drug-likeness (QED) is 0.475. The fourth-order valence-corrected chi connectivity index (χ4v) is 0.340. The van der Waals surface area contributed by atoms with Gasteiger partial charge in [-0.15, -0.1) is 12.0 Å². The SMILES string of the molecule is CC(C)(C)[O-].[C-]1=CC=CC1.[Cl-].[O]=[V+2]. The number of allylic oxidation sites excluding steroid dienone is 4. The molecule has 0 spiro atoms. The van der Waals surface area contributed by atoms with Crippen LogP contribution in [0.2, 0.25) is 0 Å². The summed E-state index contributed by atoms with van der Waals surface area (Å²) in [6.45, 7) is 4.90. The topological polar surface area (TPSA) is 40.1 Å². The molecule has 1 aliphatic rings. The zero-order chi connectivity index (χ0) is 10.0. The van der Waals surface area contributed by atoms with E-state index in [1.54, 1.807) is 20.8 Å². The standard InChI is InChI=1S/C5H5.C4H9O.ClH.O.V/c1-2-4-5-3-1;1-4(2,3)5;;;/h1-3H,4H2;1-3H3;1H;;/q2*-1;;;+2/p-1. The first-order valence-corrected chi connectivity index (χ1v) is 4.17. The third-order valence-corrected chi connectivity index (χ3v) is 0.586. The normalized spacial score (nSPS) is 11.8. The molecule has 4 heteroatoms. The molecule has 0 radical (unpaired) electrons. The Morgan fingerprint density at radius 2 is 1.77 bits per heavy atom. The fraction of sp³-hybridized carbons (Fsp3) is 0.556. The first-order chi connectivity index (χ1) is 5.50. The van der Waals surface area contributed by atoms with E-state index in [2.05, 4.69) is 12.2 Å². The van der Waals surface area contributed by atoms with Gasteiger partial charge in [-0.25, -0.2) is 12.2 Å². The van der Waals surface area contributed by atoms with Gasteiger partial charge >= 0.3 is 21.0 Å². The minimum absolute atomic E-state index is 0. The number of hydrogen-bond acceptors (Lipinski definition) is 2. The summed E-state index contributed by atoms with van der Waals surface area (Å²) in [5.41, 5.74) is -0.750. The second kappa shape index (κ2) is 12.1. The molecule has 2 nitrogen and oxygen atoms in total. The molecular weight excluding hydrogens is 226 g/mol. The molecule has 0 N–H and O–H groups in total. The van der Waals surface area contributed by atoms with Crippen molar-refractivity contribution in [3.05, 3.63) is 24.3 Å². The van der Waals surface area contributed by atoms with Gasteiger partial charge in [0, 0.05) is 0 Å². The summed E-state index contributed by atoms with van der Waals surface area (Å²) in [7, 11) is 0. The maximum absolute atomic E-state index is 10.1. The summed E-state index contributed by atoms with van der Waals surface area (Å²) < 4.78 is 8.19. The van der Waals surface area contributed by atoms with Gasteiger partial charge in [-0.3, -0.25) is 6.08 Å². The zero-order valence-electron chi connectivity index (χ0n) is 8.08. The number of hydrogen-bond donors (Lipinski definition) is 0. The van der Waals surface area contributed by atoms with Crippen LogP contribution in [0.1, 0.15) is 27.2 Å². The molecule has 0 saturated heterocycles. The Balaban J connectivity index is -0.000000122. The van der Waals surface area contributed by atoms with E-state index in [1.807, 2.05) is 12.2 Å². The van der Waals surface area contributed by atoms with Crippen LogP contribution in [-0.4, -0.2) is 5.60 Å². The van der Waals surface area contributed by atoms with Crippen LogP contribution in [0.25, 0.3) is 0 Å². The summed E-state index contributed by atoms with van der Waals surface area (Å²) >= 11 is 1.06. The molecule has 1 rings (SSSR count). The van der Waals surface area contributed by atoms with E-state index in [-0.39, 0.29) is 12.4 Å². The molecule has 0 heterocycles. The van der Waals surface area contributed by atoms with Crippen molar-refractivity contribution in [2.75, 3.05) is 0 Å². The van der Waals surface area contributed by atoms with E-state index in [0.717, 1.165) is 23.8 Å². The van der Waals surface area contributed by atoms with Crippen LogP contribution < -0.4 is 17.5 Å². The molecule has 0 unspecified atom stereocenters. The van der Waals surface area contributed by atoms with Crippen LogP contribution in [0.15, 0.2) is 18.2 Å². The van der Waals surface area contributed by atoms with Gasteiger partial charge in [0.05, 0.1) is 0 Å². The van der Waals surface area contributed by atoms with Crippen molar-refractivity contribution in [3.8, 4) is 0 Å². The van der Waals surface area contributed by atoms with Gasteiger partial charge in [-0.05, 0) is 0 Å². The van der Waals surface area contributed by atoms with Crippen molar-refractivity contribution in [2.24, 2.45) is 0 Å². The van der Waals surface area contributed by atoms with E-state index in [4.69, 9.17) is 3.67 Å². The van der Waals surface area contributed by atoms with Gasteiger partial charge in [0.2, 0.25) is 0 Å². The Morgan fingerprint density at radius 3 is 1.85 bits per heavy atom. The number of rotatable bonds is 0. The Kier molecular flexibility index (Phi) is 17.5. The van der Waals surface area contributed by atoms with E-state index >= 15 is 0 Å². The molecule has 0 aromatic carbocycles. The first kappa shape index (κ1) is 18.8. The molecular formula is C9H14ClO2V-. The van der Waals surface area contributed by atoms with Crippen molar-refractivity contribution in [1.82, 2.24) is 0 Å². The Morgan fingerprint density at radius 1 is 1.38 bits per heavy atom. The molecule has 0 aliphatic heterocycles. The van der Waals surface area contributed by atoms with E-state index in [1.165, 1.54) is 0 Å². The molecule has 0 fully saturated rings. The first-order valence-electron chi connectivity index (χ1n) is 3.60. The zero-order valence-corrected chi connectivity index (χ0v) is 10.2. The monoisotopic (exact) mass is 240 g/mol. The van der Waals surface area contributed by atoms with Crippen LogP contribution in [-0.2, 0) is 21.0 Å². The van der Waals surface area contributed by atoms with Crippen molar-refractivity contribution >= 4 is 0 Å². The molecule has 0 bridgehead atoms. The van der Waals surface area contributed by atoms with Crippen molar-refractivity contribution < 1.29 is 38.6 Å². The third-order valence-electron chi connectivity index (χ3n) is 0.586. The summed E-state index contributed by atoms with van der Waals surface area (Å²) in [6, 6.07) is 0. The van der Waals surface area contributed by atoms with Gasteiger partial charge in [0.25, 0.3) is 0 Å². The summed E-state index contributed by atoms with van der Waals surface area (Å²) in [5.74, 6) is 0. The predicted molar refractivity (Wildman–Crippen MR) is 42.0 cm³/mol. The van der Waals surface area contributed by atoms with Crippen LogP contribution in [0.3, 0.4) is 0 Å². The minimum atomic E-state index is -0.750. The Bertz CT molecular complexity index is 134. The van der Waals surface area contributed by atoms with Crippen LogP contribution in [0.4, 0.5) is 0 Å². The van der Waals surface area contributed by atoms with Gasteiger partial charge in [0.15, 0.2) is 0 Å². The van der Waals surface area contributed by atoms with E-state index < -0.39 is 5.60 Å². The molecule has 75 valence electrons.